The Morgan fingerprint density at radius 1 is 1.43 bits per heavy atom. The lowest BCUT2D eigenvalue weighted by molar-refractivity contribution is 0.792. The summed E-state index contributed by atoms with van der Waals surface area (Å²) in [5, 5.41) is 1.25. The van der Waals surface area contributed by atoms with Crippen LogP contribution in [-0.4, -0.2) is 4.57 Å². The Labute approximate surface area is 91.8 Å². The Hall–Kier alpha value is -0.800. The molecule has 0 spiro atoms. The second-order valence-electron chi connectivity index (χ2n) is 3.28. The van der Waals surface area contributed by atoms with Gasteiger partial charge in [0.25, 0.3) is 0 Å². The van der Waals surface area contributed by atoms with Crippen LogP contribution in [0, 0.1) is 0 Å². The molecule has 0 atom stereocenters. The highest BCUT2D eigenvalue weighted by atomic mass is 79.9. The summed E-state index contributed by atoms with van der Waals surface area (Å²) in [6, 6.07) is 6.24. The van der Waals surface area contributed by atoms with E-state index in [2.05, 4.69) is 51.8 Å². The second-order valence-corrected chi connectivity index (χ2v) is 4.13. The number of nitrogens with zero attached hydrogens (tertiary/aromatic N) is 1. The van der Waals surface area contributed by atoms with Gasteiger partial charge in [-0.15, -0.1) is 0 Å². The lowest BCUT2D eigenvalue weighted by atomic mass is 10.2. The highest BCUT2D eigenvalue weighted by Crippen LogP contribution is 2.28. The second kappa shape index (κ2) is 3.75. The predicted molar refractivity (Wildman–Crippen MR) is 63.2 cm³/mol. The summed E-state index contributed by atoms with van der Waals surface area (Å²) in [5.74, 6) is 0. The van der Waals surface area contributed by atoms with Crippen LogP contribution in [0.1, 0.15) is 12.5 Å². The zero-order valence-corrected chi connectivity index (χ0v) is 9.71. The zero-order valence-electron chi connectivity index (χ0n) is 8.13. The van der Waals surface area contributed by atoms with Crippen molar-refractivity contribution in [1.29, 1.82) is 0 Å². The molecule has 0 aliphatic carbocycles. The van der Waals surface area contributed by atoms with Gasteiger partial charge in [0.15, 0.2) is 0 Å². The van der Waals surface area contributed by atoms with E-state index < -0.39 is 0 Å². The summed E-state index contributed by atoms with van der Waals surface area (Å²) in [6.07, 6.45) is 2.13. The summed E-state index contributed by atoms with van der Waals surface area (Å²) in [7, 11) is 0. The fraction of sp³-hybridized carbons (Fsp3) is 0.273. The number of hydrogen-bond donors (Lipinski definition) is 1. The first-order valence-corrected chi connectivity index (χ1v) is 5.53. The third-order valence-corrected chi connectivity index (χ3v) is 3.16. The first kappa shape index (κ1) is 9.74. The Bertz CT molecular complexity index is 460. The van der Waals surface area contributed by atoms with Crippen LogP contribution in [0.3, 0.4) is 0 Å². The van der Waals surface area contributed by atoms with Crippen molar-refractivity contribution in [2.45, 2.75) is 20.0 Å². The molecule has 0 unspecified atom stereocenters. The number of aromatic nitrogens is 1. The Balaban J connectivity index is 2.82. The van der Waals surface area contributed by atoms with Crippen molar-refractivity contribution in [2.75, 3.05) is 0 Å². The number of aryl methyl sites for hydroxylation is 1. The average Bonchev–Trinajstić information content (AvgIpc) is 2.57. The van der Waals surface area contributed by atoms with Crippen molar-refractivity contribution in [3.05, 3.63) is 34.4 Å². The van der Waals surface area contributed by atoms with Crippen molar-refractivity contribution in [2.24, 2.45) is 5.73 Å². The van der Waals surface area contributed by atoms with Gasteiger partial charge in [-0.1, -0.05) is 22.0 Å². The van der Waals surface area contributed by atoms with Crippen molar-refractivity contribution in [1.82, 2.24) is 4.57 Å². The minimum atomic E-state index is 0.589. The molecule has 2 aromatic rings. The normalized spacial score (nSPS) is 11.1. The van der Waals surface area contributed by atoms with Gasteiger partial charge in [0.1, 0.15) is 0 Å². The topological polar surface area (TPSA) is 30.9 Å². The van der Waals surface area contributed by atoms with Crippen molar-refractivity contribution >= 4 is 26.8 Å². The van der Waals surface area contributed by atoms with Gasteiger partial charge in [0.05, 0.1) is 0 Å². The number of rotatable bonds is 2. The van der Waals surface area contributed by atoms with Gasteiger partial charge in [-0.25, -0.2) is 0 Å². The lowest BCUT2D eigenvalue weighted by Gasteiger charge is -2.00. The fourth-order valence-corrected chi connectivity index (χ4v) is 2.42. The van der Waals surface area contributed by atoms with E-state index in [0.29, 0.717) is 6.54 Å². The van der Waals surface area contributed by atoms with Crippen LogP contribution in [0.2, 0.25) is 0 Å². The Morgan fingerprint density at radius 2 is 2.21 bits per heavy atom. The summed E-state index contributed by atoms with van der Waals surface area (Å²) in [5.41, 5.74) is 8.17. The maximum atomic E-state index is 5.72. The minimum Gasteiger partial charge on any atom is -0.347 e. The van der Waals surface area contributed by atoms with Gasteiger partial charge < -0.3 is 10.3 Å². The van der Waals surface area contributed by atoms with E-state index in [1.54, 1.807) is 0 Å². The molecule has 0 saturated carbocycles. The van der Waals surface area contributed by atoms with E-state index in [9.17, 15) is 0 Å². The molecule has 0 amide bonds. The molecule has 1 heterocycles. The van der Waals surface area contributed by atoms with Gasteiger partial charge in [-0.05, 0) is 24.6 Å². The van der Waals surface area contributed by atoms with Gasteiger partial charge in [0.2, 0.25) is 0 Å². The van der Waals surface area contributed by atoms with Crippen LogP contribution in [0.4, 0.5) is 0 Å². The van der Waals surface area contributed by atoms with E-state index >= 15 is 0 Å². The minimum absolute atomic E-state index is 0.589. The number of benzene rings is 1. The van der Waals surface area contributed by atoms with Gasteiger partial charge in [-0.2, -0.15) is 0 Å². The maximum absolute atomic E-state index is 5.72. The van der Waals surface area contributed by atoms with Crippen LogP contribution in [0.25, 0.3) is 10.9 Å². The molecule has 74 valence electrons. The van der Waals surface area contributed by atoms with Gasteiger partial charge in [0, 0.05) is 34.7 Å². The summed E-state index contributed by atoms with van der Waals surface area (Å²) >= 11 is 3.56. The molecule has 3 heteroatoms. The fourth-order valence-electron chi connectivity index (χ4n) is 1.81. The molecule has 0 aliphatic heterocycles. The Morgan fingerprint density at radius 3 is 2.86 bits per heavy atom. The number of halogens is 1. The molecular weight excluding hydrogens is 240 g/mol. The lowest BCUT2D eigenvalue weighted by Crippen LogP contribution is -1.95. The van der Waals surface area contributed by atoms with Crippen molar-refractivity contribution < 1.29 is 0 Å². The molecule has 14 heavy (non-hydrogen) atoms. The zero-order chi connectivity index (χ0) is 10.1. The molecule has 0 fully saturated rings. The summed E-state index contributed by atoms with van der Waals surface area (Å²) in [6.45, 7) is 3.71. The number of fused-ring (bicyclic) bond motifs is 1. The van der Waals surface area contributed by atoms with Gasteiger partial charge >= 0.3 is 0 Å². The van der Waals surface area contributed by atoms with Crippen LogP contribution in [-0.2, 0) is 13.1 Å². The standard InChI is InChI=1S/C11H13BrN2/c1-2-14-7-8(6-13)11-9(12)4-3-5-10(11)14/h3-5,7H,2,6,13H2,1H3. The van der Waals surface area contributed by atoms with E-state index in [4.69, 9.17) is 5.73 Å². The number of hydrogen-bond acceptors (Lipinski definition) is 1. The monoisotopic (exact) mass is 252 g/mol. The molecule has 0 aliphatic rings. The SMILES string of the molecule is CCn1cc(CN)c2c(Br)cccc21. The average molecular weight is 253 g/mol. The van der Waals surface area contributed by atoms with E-state index in [0.717, 1.165) is 11.0 Å². The molecule has 0 bridgehead atoms. The van der Waals surface area contributed by atoms with Crippen molar-refractivity contribution in [3.8, 4) is 0 Å². The third-order valence-electron chi connectivity index (χ3n) is 2.49. The predicted octanol–water partition coefficient (Wildman–Crippen LogP) is 2.88. The van der Waals surface area contributed by atoms with Gasteiger partial charge in [-0.3, -0.25) is 0 Å². The van der Waals surface area contributed by atoms with Crippen LogP contribution < -0.4 is 5.73 Å². The molecule has 0 radical (unpaired) electrons. The molecule has 1 aromatic heterocycles. The Kier molecular flexibility index (Phi) is 2.61. The molecule has 0 saturated heterocycles. The maximum Gasteiger partial charge on any atom is 0.0495 e. The molecule has 2 nitrogen and oxygen atoms in total. The third kappa shape index (κ3) is 1.37. The molecule has 2 N–H and O–H groups in total. The van der Waals surface area contributed by atoms with E-state index in [1.807, 2.05) is 0 Å². The van der Waals surface area contributed by atoms with Crippen LogP contribution in [0.5, 0.6) is 0 Å². The molecular formula is C11H13BrN2. The van der Waals surface area contributed by atoms with Crippen LogP contribution in [0.15, 0.2) is 28.9 Å². The quantitative estimate of drug-likeness (QED) is 0.876. The van der Waals surface area contributed by atoms with Crippen molar-refractivity contribution in [3.63, 3.8) is 0 Å². The first-order valence-electron chi connectivity index (χ1n) is 4.74. The van der Waals surface area contributed by atoms with E-state index in [-0.39, 0.29) is 0 Å². The highest BCUT2D eigenvalue weighted by molar-refractivity contribution is 9.10. The molecule has 1 aromatic carbocycles. The largest absolute Gasteiger partial charge is 0.347 e. The molecule has 2 rings (SSSR count). The number of nitrogens with two attached hydrogens (primary N) is 1. The summed E-state index contributed by atoms with van der Waals surface area (Å²) in [4.78, 5) is 0. The van der Waals surface area contributed by atoms with E-state index in [1.165, 1.54) is 16.5 Å². The smallest absolute Gasteiger partial charge is 0.0495 e. The summed E-state index contributed by atoms with van der Waals surface area (Å²) < 4.78 is 3.35. The highest BCUT2D eigenvalue weighted by Gasteiger charge is 2.08. The van der Waals surface area contributed by atoms with Crippen LogP contribution >= 0.6 is 15.9 Å². The first-order chi connectivity index (χ1) is 6.77.